The van der Waals surface area contributed by atoms with Gasteiger partial charge >= 0.3 is 0 Å². The van der Waals surface area contributed by atoms with E-state index < -0.39 is 10.0 Å². The van der Waals surface area contributed by atoms with Gasteiger partial charge in [-0.25, -0.2) is 18.4 Å². The monoisotopic (exact) mass is 408 g/mol. The van der Waals surface area contributed by atoms with Crippen LogP contribution < -0.4 is 10.0 Å². The third-order valence-corrected chi connectivity index (χ3v) is 4.99. The van der Waals surface area contributed by atoms with Crippen LogP contribution in [0.3, 0.4) is 0 Å². The van der Waals surface area contributed by atoms with E-state index in [4.69, 9.17) is 0 Å². The molecule has 0 saturated carbocycles. The molecule has 0 aliphatic rings. The zero-order valence-corrected chi connectivity index (χ0v) is 16.8. The number of imidazole rings is 1. The van der Waals surface area contributed by atoms with Crippen LogP contribution in [0, 0.1) is 0 Å². The first-order valence-corrected chi connectivity index (χ1v) is 10.9. The standard InChI is InChI=1S/C20H20N6O2S/c1-14(15-6-4-3-5-7-15)23-20-21-11-10-19(24-20)26-13-22-17-12-16(8-9-18(17)26)25-29(2,27)28/h3-14,25H,1-2H3,(H,21,23,24). The lowest BCUT2D eigenvalue weighted by atomic mass is 10.1. The number of hydrogen-bond acceptors (Lipinski definition) is 6. The van der Waals surface area contributed by atoms with E-state index in [1.165, 1.54) is 0 Å². The summed E-state index contributed by atoms with van der Waals surface area (Å²) in [6.07, 6.45) is 4.46. The van der Waals surface area contributed by atoms with Gasteiger partial charge in [0.05, 0.1) is 29.0 Å². The number of hydrogen-bond donors (Lipinski definition) is 2. The molecule has 0 aliphatic carbocycles. The SMILES string of the molecule is CC(Nc1nccc(-n2cnc3cc(NS(C)(=O)=O)ccc32)n1)c1ccccc1. The van der Waals surface area contributed by atoms with Gasteiger partial charge in [0.15, 0.2) is 0 Å². The highest BCUT2D eigenvalue weighted by molar-refractivity contribution is 7.92. The molecular formula is C20H20N6O2S. The van der Waals surface area contributed by atoms with E-state index in [1.807, 2.05) is 41.8 Å². The van der Waals surface area contributed by atoms with Gasteiger partial charge in [0.2, 0.25) is 16.0 Å². The van der Waals surface area contributed by atoms with Crippen LogP contribution in [0.2, 0.25) is 0 Å². The highest BCUT2D eigenvalue weighted by Crippen LogP contribution is 2.22. The number of nitrogens with one attached hydrogen (secondary N) is 2. The Balaban J connectivity index is 1.62. The molecule has 2 N–H and O–H groups in total. The normalized spacial score (nSPS) is 12.6. The molecule has 9 heteroatoms. The fourth-order valence-electron chi connectivity index (χ4n) is 3.04. The number of sulfonamides is 1. The molecule has 8 nitrogen and oxygen atoms in total. The molecule has 2 aromatic carbocycles. The van der Waals surface area contributed by atoms with Gasteiger partial charge in [-0.05, 0) is 36.8 Å². The minimum Gasteiger partial charge on any atom is -0.348 e. The summed E-state index contributed by atoms with van der Waals surface area (Å²) < 4.78 is 27.2. The van der Waals surface area contributed by atoms with Crippen molar-refractivity contribution in [2.45, 2.75) is 13.0 Å². The molecule has 148 valence electrons. The topological polar surface area (TPSA) is 102 Å². The van der Waals surface area contributed by atoms with Crippen LogP contribution >= 0.6 is 0 Å². The van der Waals surface area contributed by atoms with Gasteiger partial charge in [-0.3, -0.25) is 9.29 Å². The van der Waals surface area contributed by atoms with Gasteiger partial charge in [0.25, 0.3) is 0 Å². The molecule has 29 heavy (non-hydrogen) atoms. The van der Waals surface area contributed by atoms with Gasteiger partial charge in [-0.2, -0.15) is 4.98 Å². The number of anilines is 2. The first-order valence-electron chi connectivity index (χ1n) is 8.99. The van der Waals surface area contributed by atoms with Crippen LogP contribution in [0.1, 0.15) is 18.5 Å². The Morgan fingerprint density at radius 2 is 1.83 bits per heavy atom. The minimum atomic E-state index is -3.34. The molecular weight excluding hydrogens is 388 g/mol. The highest BCUT2D eigenvalue weighted by atomic mass is 32.2. The first-order chi connectivity index (χ1) is 13.9. The number of fused-ring (bicyclic) bond motifs is 1. The Morgan fingerprint density at radius 1 is 1.03 bits per heavy atom. The zero-order chi connectivity index (χ0) is 20.4. The molecule has 0 saturated heterocycles. The van der Waals surface area contributed by atoms with Crippen molar-refractivity contribution < 1.29 is 8.42 Å². The summed E-state index contributed by atoms with van der Waals surface area (Å²) in [7, 11) is -3.34. The summed E-state index contributed by atoms with van der Waals surface area (Å²) in [5.74, 6) is 1.17. The van der Waals surface area contributed by atoms with Crippen molar-refractivity contribution in [1.29, 1.82) is 0 Å². The van der Waals surface area contributed by atoms with E-state index >= 15 is 0 Å². The van der Waals surface area contributed by atoms with Crippen molar-refractivity contribution in [3.05, 3.63) is 72.7 Å². The molecule has 4 rings (SSSR count). The quantitative estimate of drug-likeness (QED) is 0.507. The van der Waals surface area contributed by atoms with E-state index in [2.05, 4.69) is 25.0 Å². The molecule has 0 amide bonds. The van der Waals surface area contributed by atoms with Crippen molar-refractivity contribution in [3.8, 4) is 5.82 Å². The van der Waals surface area contributed by atoms with Crippen LogP contribution in [-0.2, 0) is 10.0 Å². The van der Waals surface area contributed by atoms with Crippen molar-refractivity contribution in [3.63, 3.8) is 0 Å². The molecule has 0 bridgehead atoms. The summed E-state index contributed by atoms with van der Waals surface area (Å²) in [4.78, 5) is 13.3. The highest BCUT2D eigenvalue weighted by Gasteiger charge is 2.11. The molecule has 2 heterocycles. The lowest BCUT2D eigenvalue weighted by Crippen LogP contribution is -2.10. The van der Waals surface area contributed by atoms with E-state index in [0.29, 0.717) is 23.0 Å². The van der Waals surface area contributed by atoms with Crippen LogP contribution in [-0.4, -0.2) is 34.2 Å². The minimum absolute atomic E-state index is 0.0515. The Labute approximate surface area is 168 Å². The lowest BCUT2D eigenvalue weighted by Gasteiger charge is -2.14. The summed E-state index contributed by atoms with van der Waals surface area (Å²) in [5.41, 5.74) is 3.07. The van der Waals surface area contributed by atoms with E-state index in [9.17, 15) is 8.42 Å². The molecule has 0 aliphatic heterocycles. The number of nitrogens with zero attached hydrogens (tertiary/aromatic N) is 4. The Morgan fingerprint density at radius 3 is 2.59 bits per heavy atom. The average molecular weight is 408 g/mol. The third-order valence-electron chi connectivity index (χ3n) is 4.38. The van der Waals surface area contributed by atoms with E-state index in [-0.39, 0.29) is 6.04 Å². The second kappa shape index (κ2) is 7.51. The van der Waals surface area contributed by atoms with Crippen molar-refractivity contribution in [2.24, 2.45) is 0 Å². The second-order valence-corrected chi connectivity index (χ2v) is 8.46. The molecule has 0 spiro atoms. The third kappa shape index (κ3) is 4.35. The smallest absolute Gasteiger partial charge is 0.229 e. The lowest BCUT2D eigenvalue weighted by molar-refractivity contribution is 0.607. The fourth-order valence-corrected chi connectivity index (χ4v) is 3.60. The maximum absolute atomic E-state index is 11.4. The summed E-state index contributed by atoms with van der Waals surface area (Å²) in [6.45, 7) is 2.05. The number of aromatic nitrogens is 4. The fraction of sp³-hybridized carbons (Fsp3) is 0.150. The second-order valence-electron chi connectivity index (χ2n) is 6.71. The number of benzene rings is 2. The average Bonchev–Trinajstić information content (AvgIpc) is 3.11. The molecule has 1 atom stereocenters. The van der Waals surface area contributed by atoms with E-state index in [0.717, 1.165) is 17.3 Å². The van der Waals surface area contributed by atoms with Crippen LogP contribution in [0.4, 0.5) is 11.6 Å². The van der Waals surface area contributed by atoms with Gasteiger partial charge in [0.1, 0.15) is 12.1 Å². The predicted octanol–water partition coefficient (Wildman–Crippen LogP) is 3.36. The molecule has 1 unspecified atom stereocenters. The summed E-state index contributed by atoms with van der Waals surface area (Å²) in [6, 6.07) is 17.1. The van der Waals surface area contributed by atoms with Crippen molar-refractivity contribution >= 4 is 32.7 Å². The molecule has 2 aromatic heterocycles. The largest absolute Gasteiger partial charge is 0.348 e. The van der Waals surface area contributed by atoms with Gasteiger partial charge in [0, 0.05) is 6.20 Å². The van der Waals surface area contributed by atoms with Gasteiger partial charge < -0.3 is 5.32 Å². The van der Waals surface area contributed by atoms with Crippen molar-refractivity contribution in [1.82, 2.24) is 19.5 Å². The molecule has 4 aromatic rings. The van der Waals surface area contributed by atoms with Gasteiger partial charge in [-0.15, -0.1) is 0 Å². The maximum atomic E-state index is 11.4. The van der Waals surface area contributed by atoms with Crippen LogP contribution in [0.5, 0.6) is 0 Å². The molecule has 0 radical (unpaired) electrons. The summed E-state index contributed by atoms with van der Waals surface area (Å²) >= 11 is 0. The Bertz CT molecular complexity index is 1250. The van der Waals surface area contributed by atoms with Crippen LogP contribution in [0.15, 0.2) is 67.1 Å². The maximum Gasteiger partial charge on any atom is 0.229 e. The zero-order valence-electron chi connectivity index (χ0n) is 15.9. The Kier molecular flexibility index (Phi) is 4.89. The van der Waals surface area contributed by atoms with Crippen molar-refractivity contribution in [2.75, 3.05) is 16.3 Å². The first kappa shape index (κ1) is 18.9. The molecule has 0 fully saturated rings. The number of rotatable bonds is 6. The van der Waals surface area contributed by atoms with Crippen LogP contribution in [0.25, 0.3) is 16.9 Å². The predicted molar refractivity (Wildman–Crippen MR) is 114 cm³/mol. The Hall–Kier alpha value is -3.46. The van der Waals surface area contributed by atoms with Gasteiger partial charge in [-0.1, -0.05) is 30.3 Å². The van der Waals surface area contributed by atoms with E-state index in [1.54, 1.807) is 36.8 Å². The summed E-state index contributed by atoms with van der Waals surface area (Å²) in [5, 5.41) is 3.31.